The van der Waals surface area contributed by atoms with Gasteiger partial charge in [-0.2, -0.15) is 0 Å². The lowest BCUT2D eigenvalue weighted by atomic mass is 10.1. The fraction of sp³-hybridized carbons (Fsp3) is 0.192. The number of Topliss-reactive ketones (excluding diaryl/α,β-unsaturated/α-hetero) is 1. The summed E-state index contributed by atoms with van der Waals surface area (Å²) >= 11 is 1.51. The number of hydrogen-bond donors (Lipinski definition) is 0. The normalized spacial score (nSPS) is 10.7. The van der Waals surface area contributed by atoms with E-state index in [1.165, 1.54) is 11.8 Å². The number of aromatic nitrogens is 3. The van der Waals surface area contributed by atoms with Crippen molar-refractivity contribution in [1.82, 2.24) is 14.8 Å². The Bertz CT molecular complexity index is 1300. The Morgan fingerprint density at radius 2 is 1.62 bits per heavy atom. The van der Waals surface area contributed by atoms with Gasteiger partial charge >= 0.3 is 0 Å². The lowest BCUT2D eigenvalue weighted by Gasteiger charge is -2.14. The van der Waals surface area contributed by atoms with E-state index in [0.717, 1.165) is 28.3 Å². The molecule has 1 heterocycles. The van der Waals surface area contributed by atoms with Gasteiger partial charge in [0.15, 0.2) is 16.8 Å². The molecule has 0 unspecified atom stereocenters. The third kappa shape index (κ3) is 4.77. The summed E-state index contributed by atoms with van der Waals surface area (Å²) in [4.78, 5) is 11.9. The monoisotopic (exact) mass is 475 g/mol. The first-order chi connectivity index (χ1) is 16.5. The van der Waals surface area contributed by atoms with Crippen LogP contribution in [0.5, 0.6) is 17.2 Å². The highest BCUT2D eigenvalue weighted by atomic mass is 32.2. The predicted molar refractivity (Wildman–Crippen MR) is 132 cm³/mol. The summed E-state index contributed by atoms with van der Waals surface area (Å²) in [5, 5.41) is 9.70. The first-order valence-electron chi connectivity index (χ1n) is 10.6. The second kappa shape index (κ2) is 10.4. The van der Waals surface area contributed by atoms with Gasteiger partial charge in [-0.15, -0.1) is 10.2 Å². The largest absolute Gasteiger partial charge is 0.497 e. The molecule has 4 rings (SSSR count). The number of thioether (sulfide) groups is 1. The van der Waals surface area contributed by atoms with Gasteiger partial charge in [0.2, 0.25) is 0 Å². The van der Waals surface area contributed by atoms with Crippen LogP contribution in [-0.4, -0.2) is 41.9 Å². The smallest absolute Gasteiger partial charge is 0.196 e. The Labute approximate surface area is 202 Å². The molecule has 7 nitrogen and oxygen atoms in total. The molecule has 0 saturated carbocycles. The highest BCUT2D eigenvalue weighted by Crippen LogP contribution is 2.35. The van der Waals surface area contributed by atoms with Crippen LogP contribution < -0.4 is 14.2 Å². The number of ketones is 1. The van der Waals surface area contributed by atoms with Crippen molar-refractivity contribution in [1.29, 1.82) is 0 Å². The van der Waals surface area contributed by atoms with Gasteiger partial charge < -0.3 is 14.2 Å². The minimum absolute atomic E-state index is 0.00811. The Hall–Kier alpha value is -3.78. The molecule has 0 fully saturated rings. The van der Waals surface area contributed by atoms with E-state index in [1.54, 1.807) is 34.3 Å². The van der Waals surface area contributed by atoms with Crippen LogP contribution in [0.15, 0.2) is 71.9 Å². The maximum atomic E-state index is 11.9. The van der Waals surface area contributed by atoms with E-state index in [2.05, 4.69) is 10.2 Å². The van der Waals surface area contributed by atoms with Crippen LogP contribution >= 0.6 is 11.8 Å². The zero-order valence-electron chi connectivity index (χ0n) is 19.4. The summed E-state index contributed by atoms with van der Waals surface area (Å²) in [6, 6.07) is 20.9. The Morgan fingerprint density at radius 3 is 2.29 bits per heavy atom. The highest BCUT2D eigenvalue weighted by Gasteiger charge is 2.20. The minimum Gasteiger partial charge on any atom is -0.497 e. The van der Waals surface area contributed by atoms with Crippen molar-refractivity contribution in [2.24, 2.45) is 0 Å². The number of carbonyl (C=O) groups is 1. The first-order valence-corrected chi connectivity index (χ1v) is 11.6. The average Bonchev–Trinajstić information content (AvgIpc) is 3.30. The lowest BCUT2D eigenvalue weighted by molar-refractivity contribution is 0.101. The topological polar surface area (TPSA) is 75.5 Å². The van der Waals surface area contributed by atoms with E-state index < -0.39 is 0 Å². The molecule has 0 N–H and O–H groups in total. The van der Waals surface area contributed by atoms with Crippen molar-refractivity contribution in [3.63, 3.8) is 0 Å². The second-order valence-corrected chi connectivity index (χ2v) is 8.35. The van der Waals surface area contributed by atoms with Gasteiger partial charge in [0.05, 0.1) is 32.6 Å². The number of carbonyl (C=O) groups excluding carboxylic acids is 1. The first kappa shape index (κ1) is 23.4. The molecule has 0 saturated heterocycles. The molecule has 0 aliphatic carbocycles. The molecule has 4 aromatic rings. The molecule has 0 radical (unpaired) electrons. The molecule has 3 aromatic carbocycles. The van der Waals surface area contributed by atoms with Crippen LogP contribution in [-0.2, 0) is 5.75 Å². The number of methoxy groups -OCH3 is 3. The van der Waals surface area contributed by atoms with Crippen LogP contribution in [0.4, 0.5) is 0 Å². The van der Waals surface area contributed by atoms with Gasteiger partial charge in [0.1, 0.15) is 17.2 Å². The van der Waals surface area contributed by atoms with Crippen molar-refractivity contribution >= 4 is 17.5 Å². The van der Waals surface area contributed by atoms with E-state index in [0.29, 0.717) is 28.0 Å². The number of hydrogen-bond acceptors (Lipinski definition) is 7. The van der Waals surface area contributed by atoms with Crippen molar-refractivity contribution < 1.29 is 19.0 Å². The zero-order valence-corrected chi connectivity index (χ0v) is 20.3. The summed E-state index contributed by atoms with van der Waals surface area (Å²) in [7, 11) is 4.89. The van der Waals surface area contributed by atoms with E-state index in [1.807, 2.05) is 65.2 Å². The molecule has 0 spiro atoms. The third-order valence-corrected chi connectivity index (χ3v) is 6.33. The summed E-state index contributed by atoms with van der Waals surface area (Å²) in [5.41, 5.74) is 3.26. The van der Waals surface area contributed by atoms with Crippen LogP contribution in [0, 0.1) is 0 Å². The molecule has 0 aliphatic heterocycles. The minimum atomic E-state index is 0.00811. The maximum absolute atomic E-state index is 11.9. The molecular weight excluding hydrogens is 450 g/mol. The van der Waals surface area contributed by atoms with Crippen LogP contribution in [0.1, 0.15) is 22.8 Å². The van der Waals surface area contributed by atoms with Gasteiger partial charge in [0.25, 0.3) is 0 Å². The molecule has 174 valence electrons. The van der Waals surface area contributed by atoms with Gasteiger partial charge in [-0.1, -0.05) is 23.9 Å². The highest BCUT2D eigenvalue weighted by molar-refractivity contribution is 7.98. The number of benzene rings is 3. The van der Waals surface area contributed by atoms with Crippen molar-refractivity contribution in [3.05, 3.63) is 77.9 Å². The SMILES string of the molecule is COc1ccc(-n2c(SCc3cc(C(C)=O)ccc3OC)nnc2-c2ccccc2OC)cc1. The number of para-hydroxylation sites is 1. The van der Waals surface area contributed by atoms with Crippen LogP contribution in [0.25, 0.3) is 17.1 Å². The van der Waals surface area contributed by atoms with Gasteiger partial charge in [-0.25, -0.2) is 0 Å². The Morgan fingerprint density at radius 1 is 0.882 bits per heavy atom. The molecule has 1 aromatic heterocycles. The van der Waals surface area contributed by atoms with E-state index in [9.17, 15) is 4.79 Å². The summed E-state index contributed by atoms with van der Waals surface area (Å²) in [6.07, 6.45) is 0. The zero-order chi connectivity index (χ0) is 24.1. The van der Waals surface area contributed by atoms with Gasteiger partial charge in [-0.3, -0.25) is 9.36 Å². The molecule has 0 bridgehead atoms. The Kier molecular flexibility index (Phi) is 7.18. The quantitative estimate of drug-likeness (QED) is 0.235. The fourth-order valence-electron chi connectivity index (χ4n) is 3.58. The van der Waals surface area contributed by atoms with E-state index >= 15 is 0 Å². The summed E-state index contributed by atoms with van der Waals surface area (Å²) in [5.74, 6) is 3.40. The van der Waals surface area contributed by atoms with Crippen LogP contribution in [0.2, 0.25) is 0 Å². The number of nitrogens with zero attached hydrogens (tertiary/aromatic N) is 3. The fourth-order valence-corrected chi connectivity index (χ4v) is 4.51. The number of ether oxygens (including phenoxy) is 3. The van der Waals surface area contributed by atoms with Crippen molar-refractivity contribution in [2.45, 2.75) is 17.8 Å². The van der Waals surface area contributed by atoms with Crippen molar-refractivity contribution in [3.8, 4) is 34.3 Å². The predicted octanol–water partition coefficient (Wildman–Crippen LogP) is 5.46. The van der Waals surface area contributed by atoms with Gasteiger partial charge in [-0.05, 0) is 61.5 Å². The maximum Gasteiger partial charge on any atom is 0.196 e. The van der Waals surface area contributed by atoms with Crippen molar-refractivity contribution in [2.75, 3.05) is 21.3 Å². The summed E-state index contributed by atoms with van der Waals surface area (Å²) in [6.45, 7) is 1.55. The average molecular weight is 476 g/mol. The molecular formula is C26H25N3O4S. The second-order valence-electron chi connectivity index (χ2n) is 7.41. The number of rotatable bonds is 9. The van der Waals surface area contributed by atoms with Gasteiger partial charge in [0, 0.05) is 16.9 Å². The Balaban J connectivity index is 1.77. The molecule has 8 heteroatoms. The standard InChI is InChI=1S/C26H25N3O4S/c1-17(30)18-9-14-23(32-3)19(15-18)16-34-26-28-27-25(22-7-5-6-8-24(22)33-4)29(26)20-10-12-21(31-2)13-11-20/h5-15H,16H2,1-4H3. The molecule has 34 heavy (non-hydrogen) atoms. The third-order valence-electron chi connectivity index (χ3n) is 5.36. The molecule has 0 aliphatic rings. The van der Waals surface area contributed by atoms with E-state index in [-0.39, 0.29) is 5.78 Å². The molecule has 0 amide bonds. The lowest BCUT2D eigenvalue weighted by Crippen LogP contribution is -2.02. The summed E-state index contributed by atoms with van der Waals surface area (Å²) < 4.78 is 18.4. The van der Waals surface area contributed by atoms with Crippen LogP contribution in [0.3, 0.4) is 0 Å². The molecule has 0 atom stereocenters. The van der Waals surface area contributed by atoms with E-state index in [4.69, 9.17) is 14.2 Å².